The largest absolute Gasteiger partial charge is 0.345 e. The van der Waals surface area contributed by atoms with Gasteiger partial charge in [0.2, 0.25) is 20.9 Å². The van der Waals surface area contributed by atoms with E-state index in [1.54, 1.807) is 31.6 Å². The van der Waals surface area contributed by atoms with Crippen LogP contribution in [0.3, 0.4) is 0 Å². The fourth-order valence-electron chi connectivity index (χ4n) is 3.43. The first-order valence-corrected chi connectivity index (χ1v) is 13.2. The van der Waals surface area contributed by atoms with Gasteiger partial charge in [0.15, 0.2) is 5.82 Å². The Kier molecular flexibility index (Phi) is 7.31. The fourth-order valence-corrected chi connectivity index (χ4v) is 5.33. The summed E-state index contributed by atoms with van der Waals surface area (Å²) in [6.45, 7) is 1.65. The van der Waals surface area contributed by atoms with E-state index >= 15 is 4.39 Å². The fraction of sp³-hybridized carbons (Fsp3) is 0.174. The Labute approximate surface area is 208 Å². The summed E-state index contributed by atoms with van der Waals surface area (Å²) in [6.07, 6.45) is 7.90. The molecular weight excluding hydrogens is 510 g/mol. The van der Waals surface area contributed by atoms with Crippen molar-refractivity contribution in [3.8, 4) is 10.4 Å². The van der Waals surface area contributed by atoms with Crippen molar-refractivity contribution in [3.05, 3.63) is 59.6 Å². The van der Waals surface area contributed by atoms with E-state index in [0.717, 1.165) is 12.1 Å². The molecule has 186 valence electrons. The molecule has 0 amide bonds. The molecule has 0 radical (unpaired) electrons. The molecule has 4 aromatic rings. The molecule has 0 aliphatic rings. The van der Waals surface area contributed by atoms with Gasteiger partial charge in [-0.05, 0) is 24.6 Å². The van der Waals surface area contributed by atoms with Crippen LogP contribution in [0.15, 0.2) is 41.8 Å². The second-order valence-electron chi connectivity index (χ2n) is 7.62. The number of aromatic amines is 1. The van der Waals surface area contributed by atoms with Gasteiger partial charge in [-0.3, -0.25) is 9.52 Å². The van der Waals surface area contributed by atoms with Crippen LogP contribution in [-0.2, 0) is 10.0 Å². The summed E-state index contributed by atoms with van der Waals surface area (Å²) in [6, 6.07) is 3.43. The van der Waals surface area contributed by atoms with Crippen molar-refractivity contribution >= 4 is 61.4 Å². The average Bonchev–Trinajstić information content (AvgIpc) is 3.48. The maximum Gasteiger partial charge on any atom is 0.232 e. The second-order valence-corrected chi connectivity index (χ2v) is 10.5. The number of hydrogen-bond donors (Lipinski definition) is 3. The number of anilines is 1. The zero-order chi connectivity index (χ0) is 25.9. The lowest BCUT2D eigenvalue weighted by Crippen LogP contribution is -2.18. The van der Waals surface area contributed by atoms with Crippen molar-refractivity contribution in [2.24, 2.45) is 4.99 Å². The number of carbonyl (C=O) groups is 1. The van der Waals surface area contributed by atoms with Gasteiger partial charge in [0.05, 0.1) is 21.9 Å². The van der Waals surface area contributed by atoms with E-state index in [4.69, 9.17) is 5.41 Å². The summed E-state index contributed by atoms with van der Waals surface area (Å²) < 4.78 is 56.0. The second kappa shape index (κ2) is 10.4. The summed E-state index contributed by atoms with van der Waals surface area (Å²) in [5, 5.41) is 7.84. The van der Waals surface area contributed by atoms with E-state index < -0.39 is 38.7 Å². The summed E-state index contributed by atoms with van der Waals surface area (Å²) in [5.74, 6) is -3.64. The van der Waals surface area contributed by atoms with E-state index in [2.05, 4.69) is 24.7 Å². The SMILES string of the molecule is CCCS(=O)(=O)Nc1ccc(F)c(C(=O)c2c[nH]c3ncc(-c4cnc(N=CCC=N)s4)cc23)c1F. The van der Waals surface area contributed by atoms with Crippen molar-refractivity contribution in [2.45, 2.75) is 19.8 Å². The van der Waals surface area contributed by atoms with Gasteiger partial charge in [-0.25, -0.2) is 32.2 Å². The number of hydrogen-bond acceptors (Lipinski definition) is 8. The van der Waals surface area contributed by atoms with E-state index in [9.17, 15) is 17.6 Å². The van der Waals surface area contributed by atoms with Gasteiger partial charge < -0.3 is 10.4 Å². The Balaban J connectivity index is 1.72. The number of halogens is 2. The molecule has 3 N–H and O–H groups in total. The third-order valence-electron chi connectivity index (χ3n) is 5.04. The zero-order valence-corrected chi connectivity index (χ0v) is 20.5. The lowest BCUT2D eigenvalue weighted by Gasteiger charge is -2.11. The first-order chi connectivity index (χ1) is 17.2. The molecule has 0 aliphatic heterocycles. The Hall–Kier alpha value is -3.84. The molecule has 0 saturated carbocycles. The molecule has 0 unspecified atom stereocenters. The van der Waals surface area contributed by atoms with Crippen molar-refractivity contribution in [1.82, 2.24) is 15.0 Å². The number of benzene rings is 1. The number of sulfonamides is 1. The molecule has 4 rings (SSSR count). The van der Waals surface area contributed by atoms with E-state index in [1.807, 2.05) is 0 Å². The average molecular weight is 531 g/mol. The van der Waals surface area contributed by atoms with Crippen molar-refractivity contribution < 1.29 is 22.0 Å². The molecule has 0 fully saturated rings. The number of carbonyl (C=O) groups excluding carboxylic acids is 1. The van der Waals surface area contributed by atoms with Crippen molar-refractivity contribution in [2.75, 3.05) is 10.5 Å². The highest BCUT2D eigenvalue weighted by molar-refractivity contribution is 7.92. The molecule has 0 bridgehead atoms. The van der Waals surface area contributed by atoms with Crippen LogP contribution in [-0.4, -0.2) is 47.3 Å². The molecule has 3 aromatic heterocycles. The first-order valence-electron chi connectivity index (χ1n) is 10.7. The van der Waals surface area contributed by atoms with Gasteiger partial charge in [-0.1, -0.05) is 18.3 Å². The number of ketones is 1. The maximum absolute atomic E-state index is 15.2. The number of H-pyrrole nitrogens is 1. The predicted molar refractivity (Wildman–Crippen MR) is 136 cm³/mol. The minimum atomic E-state index is -3.86. The topological polar surface area (TPSA) is 141 Å². The highest BCUT2D eigenvalue weighted by Crippen LogP contribution is 2.33. The standard InChI is InChI=1S/C23H20F2N6O3S2/c1-2-8-36(33,34)31-17-5-4-16(24)19(20(17)25)21(32)15-11-29-22-14(15)9-13(10-28-22)18-12-30-23(35-18)27-7-3-6-26/h4-7,9-12,26,31H,2-3,8H2,1H3,(H,28,29). The number of aromatic nitrogens is 3. The van der Waals surface area contributed by atoms with Gasteiger partial charge in [0.25, 0.3) is 0 Å². The minimum absolute atomic E-state index is 0.0283. The highest BCUT2D eigenvalue weighted by Gasteiger charge is 2.26. The third kappa shape index (κ3) is 5.21. The van der Waals surface area contributed by atoms with Crippen molar-refractivity contribution in [1.29, 1.82) is 5.41 Å². The van der Waals surface area contributed by atoms with Crippen LogP contribution in [0.1, 0.15) is 35.7 Å². The van der Waals surface area contributed by atoms with E-state index in [-0.39, 0.29) is 11.3 Å². The number of rotatable bonds is 10. The minimum Gasteiger partial charge on any atom is -0.345 e. The van der Waals surface area contributed by atoms with Crippen molar-refractivity contribution in [3.63, 3.8) is 0 Å². The molecule has 0 saturated heterocycles. The quantitative estimate of drug-likeness (QED) is 0.193. The van der Waals surface area contributed by atoms with E-state index in [1.165, 1.54) is 23.7 Å². The molecule has 3 heterocycles. The van der Waals surface area contributed by atoms with Crippen LogP contribution in [0.2, 0.25) is 0 Å². The number of aliphatic imine (C=N–C) groups is 1. The molecule has 1 aromatic carbocycles. The molecule has 36 heavy (non-hydrogen) atoms. The van der Waals surface area contributed by atoms with Gasteiger partial charge in [0.1, 0.15) is 11.5 Å². The van der Waals surface area contributed by atoms with Crippen LogP contribution < -0.4 is 4.72 Å². The number of nitrogens with zero attached hydrogens (tertiary/aromatic N) is 3. The smallest absolute Gasteiger partial charge is 0.232 e. The summed E-state index contributed by atoms with van der Waals surface area (Å²) in [7, 11) is -3.86. The Morgan fingerprint density at radius 3 is 2.83 bits per heavy atom. The van der Waals surface area contributed by atoms with Gasteiger partial charge in [-0.2, -0.15) is 0 Å². The molecule has 13 heteroatoms. The monoisotopic (exact) mass is 530 g/mol. The summed E-state index contributed by atoms with van der Waals surface area (Å²) in [5.41, 5.74) is -0.466. The van der Waals surface area contributed by atoms with Crippen LogP contribution in [0, 0.1) is 17.0 Å². The van der Waals surface area contributed by atoms with Crippen LogP contribution >= 0.6 is 11.3 Å². The molecular formula is C23H20F2N6O3S2. The molecule has 9 nitrogen and oxygen atoms in total. The maximum atomic E-state index is 15.2. The third-order valence-corrected chi connectivity index (χ3v) is 7.47. The summed E-state index contributed by atoms with van der Waals surface area (Å²) in [4.78, 5) is 29.4. The normalized spacial score (nSPS) is 11.9. The summed E-state index contributed by atoms with van der Waals surface area (Å²) >= 11 is 1.27. The molecule has 0 spiro atoms. The zero-order valence-electron chi connectivity index (χ0n) is 18.9. The van der Waals surface area contributed by atoms with Gasteiger partial charge >= 0.3 is 0 Å². The van der Waals surface area contributed by atoms with Gasteiger partial charge in [-0.15, -0.1) is 0 Å². The lowest BCUT2D eigenvalue weighted by molar-refractivity contribution is 0.103. The Bertz CT molecular complexity index is 1590. The Morgan fingerprint density at radius 1 is 1.28 bits per heavy atom. The molecule has 0 atom stereocenters. The highest BCUT2D eigenvalue weighted by atomic mass is 32.2. The molecule has 0 aliphatic carbocycles. The number of nitrogens with one attached hydrogen (secondary N) is 3. The van der Waals surface area contributed by atoms with Crippen LogP contribution in [0.4, 0.5) is 19.6 Å². The van der Waals surface area contributed by atoms with Gasteiger partial charge in [0, 0.05) is 54.0 Å². The number of thiazole rings is 1. The lowest BCUT2D eigenvalue weighted by atomic mass is 10.0. The number of fused-ring (bicyclic) bond motifs is 1. The van der Waals surface area contributed by atoms with E-state index in [0.29, 0.717) is 39.4 Å². The number of pyridine rings is 1. The predicted octanol–water partition coefficient (Wildman–Crippen LogP) is 5.09. The Morgan fingerprint density at radius 2 is 2.08 bits per heavy atom. The van der Waals surface area contributed by atoms with Crippen LogP contribution in [0.25, 0.3) is 21.5 Å². The van der Waals surface area contributed by atoms with Crippen LogP contribution in [0.5, 0.6) is 0 Å². The first kappa shape index (κ1) is 25.3.